The molecule has 1 amide bonds. The van der Waals surface area contributed by atoms with Gasteiger partial charge in [-0.1, -0.05) is 11.6 Å². The third-order valence-corrected chi connectivity index (χ3v) is 6.90. The normalized spacial score (nSPS) is 23.9. The molecule has 0 unspecified atom stereocenters. The van der Waals surface area contributed by atoms with Crippen LogP contribution in [0, 0.1) is 5.92 Å². The number of nitrogens with zero attached hydrogens (tertiary/aromatic N) is 1. The average molecular weight is 454 g/mol. The molecule has 3 aliphatic rings. The Labute approximate surface area is 185 Å². The molecule has 1 aliphatic heterocycles. The molecule has 8 heteroatoms. The molecule has 2 N–H and O–H groups in total. The third-order valence-electron chi connectivity index (χ3n) is 6.57. The van der Waals surface area contributed by atoms with E-state index in [9.17, 15) is 18.0 Å². The van der Waals surface area contributed by atoms with E-state index < -0.39 is 17.6 Å². The summed E-state index contributed by atoms with van der Waals surface area (Å²) in [6, 6.07) is 2.79. The Balaban J connectivity index is 1.26. The first-order valence-corrected chi connectivity index (χ1v) is 11.4. The summed E-state index contributed by atoms with van der Waals surface area (Å²) in [4.78, 5) is 17.2. The highest BCUT2D eigenvalue weighted by Gasteiger charge is 2.32. The van der Waals surface area contributed by atoms with Gasteiger partial charge in [0, 0.05) is 12.6 Å². The van der Waals surface area contributed by atoms with Crippen LogP contribution in [0.15, 0.2) is 34.3 Å². The second-order valence-corrected chi connectivity index (χ2v) is 9.13. The van der Waals surface area contributed by atoms with Crippen LogP contribution in [0.5, 0.6) is 0 Å². The first-order chi connectivity index (χ1) is 14.8. The lowest BCUT2D eigenvalue weighted by Gasteiger charge is -2.30. The van der Waals surface area contributed by atoms with Crippen molar-refractivity contribution < 1.29 is 18.0 Å². The number of amides is 1. The predicted octanol–water partition coefficient (Wildman–Crippen LogP) is 5.52. The van der Waals surface area contributed by atoms with E-state index in [1.807, 2.05) is 0 Å². The van der Waals surface area contributed by atoms with Crippen molar-refractivity contribution in [1.82, 2.24) is 10.6 Å². The van der Waals surface area contributed by atoms with E-state index in [1.165, 1.54) is 30.4 Å². The van der Waals surface area contributed by atoms with Gasteiger partial charge in [-0.05, 0) is 86.6 Å². The maximum absolute atomic E-state index is 12.9. The molecule has 1 fully saturated rings. The number of halogens is 4. The Morgan fingerprint density at radius 1 is 1.13 bits per heavy atom. The molecular formula is C23H27ClF3N3O. The molecule has 2 aliphatic carbocycles. The van der Waals surface area contributed by atoms with Gasteiger partial charge in [-0.15, -0.1) is 0 Å². The number of amidine groups is 1. The van der Waals surface area contributed by atoms with Crippen LogP contribution in [0.25, 0.3) is 0 Å². The van der Waals surface area contributed by atoms with E-state index in [0.29, 0.717) is 5.92 Å². The van der Waals surface area contributed by atoms with E-state index in [-0.39, 0.29) is 16.6 Å². The van der Waals surface area contributed by atoms with Crippen molar-refractivity contribution in [2.24, 2.45) is 10.9 Å². The van der Waals surface area contributed by atoms with Gasteiger partial charge in [0.2, 0.25) is 0 Å². The molecule has 1 aromatic rings. The van der Waals surface area contributed by atoms with Crippen molar-refractivity contribution in [3.05, 3.63) is 45.5 Å². The minimum absolute atomic E-state index is 0.0251. The highest BCUT2D eigenvalue weighted by atomic mass is 35.5. The van der Waals surface area contributed by atoms with Crippen molar-refractivity contribution in [2.45, 2.75) is 63.6 Å². The minimum atomic E-state index is -4.51. The van der Waals surface area contributed by atoms with Crippen LogP contribution in [-0.4, -0.2) is 30.9 Å². The molecule has 0 spiro atoms. The monoisotopic (exact) mass is 453 g/mol. The number of alkyl halides is 3. The number of nitrogens with one attached hydrogen (secondary N) is 2. The molecule has 0 bridgehead atoms. The molecular weight excluding hydrogens is 427 g/mol. The molecule has 31 heavy (non-hydrogen) atoms. The smallest absolute Gasteiger partial charge is 0.370 e. The Kier molecular flexibility index (Phi) is 6.60. The number of rotatable bonds is 4. The zero-order chi connectivity index (χ0) is 22.0. The zero-order valence-electron chi connectivity index (χ0n) is 17.3. The summed E-state index contributed by atoms with van der Waals surface area (Å²) in [6.45, 7) is 1.71. The van der Waals surface area contributed by atoms with Crippen LogP contribution in [0.1, 0.15) is 67.3 Å². The molecule has 0 radical (unpaired) electrons. The van der Waals surface area contributed by atoms with Gasteiger partial charge in [-0.25, -0.2) is 0 Å². The summed E-state index contributed by atoms with van der Waals surface area (Å²) in [6.07, 6.45) is 3.79. The van der Waals surface area contributed by atoms with E-state index >= 15 is 0 Å². The fourth-order valence-corrected chi connectivity index (χ4v) is 4.95. The summed E-state index contributed by atoms with van der Waals surface area (Å²) < 4.78 is 38.8. The van der Waals surface area contributed by atoms with E-state index in [2.05, 4.69) is 15.6 Å². The first-order valence-electron chi connectivity index (χ1n) is 11.0. The van der Waals surface area contributed by atoms with Gasteiger partial charge in [0.05, 0.1) is 22.7 Å². The summed E-state index contributed by atoms with van der Waals surface area (Å²) in [5, 5.41) is 6.43. The average Bonchev–Trinajstić information content (AvgIpc) is 3.16. The highest BCUT2D eigenvalue weighted by molar-refractivity contribution is 6.33. The van der Waals surface area contributed by atoms with Crippen molar-refractivity contribution in [3.63, 3.8) is 0 Å². The van der Waals surface area contributed by atoms with Crippen molar-refractivity contribution in [1.29, 1.82) is 0 Å². The highest BCUT2D eigenvalue weighted by Crippen LogP contribution is 2.33. The largest absolute Gasteiger partial charge is 0.416 e. The van der Waals surface area contributed by atoms with E-state index in [1.54, 1.807) is 0 Å². The maximum Gasteiger partial charge on any atom is 0.416 e. The van der Waals surface area contributed by atoms with Crippen molar-refractivity contribution in [2.75, 3.05) is 13.1 Å². The van der Waals surface area contributed by atoms with E-state index in [0.717, 1.165) is 69.2 Å². The number of aliphatic imine (C=N–C) groups is 1. The Bertz CT molecular complexity index is 902. The second kappa shape index (κ2) is 9.23. The van der Waals surface area contributed by atoms with Gasteiger partial charge in [0.15, 0.2) is 0 Å². The zero-order valence-corrected chi connectivity index (χ0v) is 18.1. The van der Waals surface area contributed by atoms with Crippen LogP contribution in [0.3, 0.4) is 0 Å². The molecule has 4 nitrogen and oxygen atoms in total. The Hall–Kier alpha value is -2.02. The predicted molar refractivity (Wildman–Crippen MR) is 115 cm³/mol. The summed E-state index contributed by atoms with van der Waals surface area (Å²) in [7, 11) is 0. The topological polar surface area (TPSA) is 53.5 Å². The van der Waals surface area contributed by atoms with E-state index in [4.69, 9.17) is 11.6 Å². The summed E-state index contributed by atoms with van der Waals surface area (Å²) in [5.41, 5.74) is 1.91. The number of benzene rings is 1. The molecule has 1 aromatic carbocycles. The SMILES string of the molecule is O=C(NC1CCC(CNC2=NCC3=C2CCCC3)CC1)c1cc(C(F)(F)F)ccc1Cl. The van der Waals surface area contributed by atoms with Gasteiger partial charge < -0.3 is 10.6 Å². The quantitative estimate of drug-likeness (QED) is 0.630. The number of carbonyl (C=O) groups excluding carboxylic acids is 1. The lowest BCUT2D eigenvalue weighted by atomic mass is 9.85. The van der Waals surface area contributed by atoms with Crippen LogP contribution in [-0.2, 0) is 6.18 Å². The van der Waals surface area contributed by atoms with Gasteiger partial charge in [0.1, 0.15) is 5.84 Å². The van der Waals surface area contributed by atoms with Crippen molar-refractivity contribution >= 4 is 23.3 Å². The van der Waals surface area contributed by atoms with Gasteiger partial charge in [-0.2, -0.15) is 13.2 Å². The molecule has 1 heterocycles. The summed E-state index contributed by atoms with van der Waals surface area (Å²) in [5.74, 6) is 1.03. The van der Waals surface area contributed by atoms with Crippen LogP contribution in [0.2, 0.25) is 5.02 Å². The van der Waals surface area contributed by atoms with Crippen molar-refractivity contribution in [3.8, 4) is 0 Å². The van der Waals surface area contributed by atoms with Crippen LogP contribution < -0.4 is 10.6 Å². The molecule has 0 aromatic heterocycles. The Morgan fingerprint density at radius 3 is 2.61 bits per heavy atom. The number of hydrogen-bond acceptors (Lipinski definition) is 3. The van der Waals surface area contributed by atoms with Crippen LogP contribution >= 0.6 is 11.6 Å². The standard InChI is InChI=1S/C23H27ClF3N3O/c24-20-10-7-16(23(25,26)27)11-19(20)22(31)30-17-8-5-14(6-9-17)12-28-21-18-4-2-1-3-15(18)13-29-21/h7,10-11,14,17H,1-6,8-9,12-13H2,(H,28,29)(H,30,31). The molecule has 168 valence electrons. The fourth-order valence-electron chi connectivity index (χ4n) is 4.75. The lowest BCUT2D eigenvalue weighted by molar-refractivity contribution is -0.137. The number of carbonyl (C=O) groups is 1. The lowest BCUT2D eigenvalue weighted by Crippen LogP contribution is -2.40. The van der Waals surface area contributed by atoms with Crippen LogP contribution in [0.4, 0.5) is 13.2 Å². The van der Waals surface area contributed by atoms with Gasteiger partial charge in [-0.3, -0.25) is 9.79 Å². The summed E-state index contributed by atoms with van der Waals surface area (Å²) >= 11 is 5.98. The molecule has 0 saturated heterocycles. The molecule has 1 saturated carbocycles. The van der Waals surface area contributed by atoms with Gasteiger partial charge >= 0.3 is 6.18 Å². The molecule has 0 atom stereocenters. The van der Waals surface area contributed by atoms with Gasteiger partial charge in [0.25, 0.3) is 5.91 Å². The fraction of sp³-hybridized carbons (Fsp3) is 0.565. The third kappa shape index (κ3) is 5.25. The number of hydrogen-bond donors (Lipinski definition) is 2. The minimum Gasteiger partial charge on any atom is -0.370 e. The first kappa shape index (κ1) is 22.2. The Morgan fingerprint density at radius 2 is 1.87 bits per heavy atom. The maximum atomic E-state index is 12.9. The second-order valence-electron chi connectivity index (χ2n) is 8.72. The molecule has 4 rings (SSSR count).